The number of carbonyl (C=O) groups is 1. The number of halogens is 2. The van der Waals surface area contributed by atoms with E-state index in [4.69, 9.17) is 23.2 Å². The van der Waals surface area contributed by atoms with E-state index in [2.05, 4.69) is 20.5 Å². The number of hydrogen-bond acceptors (Lipinski definition) is 4. The Hall–Kier alpha value is -2.38. The predicted octanol–water partition coefficient (Wildman–Crippen LogP) is 2.93. The van der Waals surface area contributed by atoms with Gasteiger partial charge in [0.1, 0.15) is 12.0 Å². The Kier molecular flexibility index (Phi) is 4.55. The minimum absolute atomic E-state index is 0.221. The molecule has 7 nitrogen and oxygen atoms in total. The molecule has 3 aromatic rings. The molecule has 124 valence electrons. The van der Waals surface area contributed by atoms with Gasteiger partial charge in [-0.05, 0) is 30.7 Å². The van der Waals surface area contributed by atoms with Crippen LogP contribution < -0.4 is 5.32 Å². The molecule has 0 radical (unpaired) electrons. The molecular weight excluding hydrogens is 351 g/mol. The lowest BCUT2D eigenvalue weighted by molar-refractivity contribution is 0.101. The average Bonchev–Trinajstić information content (AvgIpc) is 3.09. The van der Waals surface area contributed by atoms with Gasteiger partial charge < -0.3 is 0 Å². The van der Waals surface area contributed by atoms with Crippen LogP contribution in [0.4, 0.5) is 5.95 Å². The van der Waals surface area contributed by atoms with Crippen molar-refractivity contribution in [2.75, 3.05) is 5.32 Å². The summed E-state index contributed by atoms with van der Waals surface area (Å²) in [6, 6.07) is 7.04. The number of aromatic nitrogens is 5. The van der Waals surface area contributed by atoms with E-state index in [1.54, 1.807) is 29.9 Å². The number of nitrogens with zero attached hydrogens (tertiary/aromatic N) is 5. The molecule has 1 N–H and O–H groups in total. The lowest BCUT2D eigenvalue weighted by atomic mass is 10.2. The highest BCUT2D eigenvalue weighted by Crippen LogP contribution is 2.22. The summed E-state index contributed by atoms with van der Waals surface area (Å²) in [5, 5.41) is 12.0. The Labute approximate surface area is 148 Å². The monoisotopic (exact) mass is 364 g/mol. The zero-order valence-electron chi connectivity index (χ0n) is 13.0. The molecule has 9 heteroatoms. The van der Waals surface area contributed by atoms with Crippen LogP contribution in [0, 0.1) is 6.92 Å². The number of aryl methyl sites for hydroxylation is 2. The van der Waals surface area contributed by atoms with E-state index in [0.29, 0.717) is 22.3 Å². The van der Waals surface area contributed by atoms with Crippen molar-refractivity contribution in [3.05, 3.63) is 57.6 Å². The number of carbonyl (C=O) groups excluding carboxylic acids is 1. The molecule has 2 aromatic heterocycles. The summed E-state index contributed by atoms with van der Waals surface area (Å²) in [6.45, 7) is 2.28. The number of nitrogens with one attached hydrogen (secondary N) is 1. The maximum Gasteiger partial charge on any atom is 0.276 e. The molecular formula is C15H14Cl2N6O. The summed E-state index contributed by atoms with van der Waals surface area (Å²) >= 11 is 11.9. The molecule has 3 rings (SSSR count). The molecule has 0 aliphatic carbocycles. The third-order valence-corrected chi connectivity index (χ3v) is 4.06. The topological polar surface area (TPSA) is 77.6 Å². The molecule has 0 saturated heterocycles. The van der Waals surface area contributed by atoms with Crippen LogP contribution in [0.2, 0.25) is 10.0 Å². The highest BCUT2D eigenvalue weighted by molar-refractivity contribution is 6.42. The number of benzene rings is 1. The van der Waals surface area contributed by atoms with Crippen molar-refractivity contribution in [2.24, 2.45) is 7.05 Å². The lowest BCUT2D eigenvalue weighted by Crippen LogP contribution is -2.17. The van der Waals surface area contributed by atoms with Crippen LogP contribution in [0.25, 0.3) is 0 Å². The van der Waals surface area contributed by atoms with Crippen LogP contribution in [0.3, 0.4) is 0 Å². The normalized spacial score (nSPS) is 10.8. The molecule has 0 aliphatic rings. The van der Waals surface area contributed by atoms with Gasteiger partial charge in [0, 0.05) is 7.05 Å². The van der Waals surface area contributed by atoms with Crippen molar-refractivity contribution >= 4 is 35.1 Å². The van der Waals surface area contributed by atoms with Crippen LogP contribution in [0.1, 0.15) is 21.7 Å². The van der Waals surface area contributed by atoms with E-state index in [1.165, 1.54) is 11.0 Å². The van der Waals surface area contributed by atoms with Gasteiger partial charge in [0.2, 0.25) is 5.95 Å². The molecule has 0 saturated carbocycles. The zero-order valence-corrected chi connectivity index (χ0v) is 14.5. The molecule has 1 aromatic carbocycles. The second-order valence-electron chi connectivity index (χ2n) is 5.26. The van der Waals surface area contributed by atoms with Gasteiger partial charge in [-0.25, -0.2) is 9.67 Å². The Balaban J connectivity index is 1.70. The summed E-state index contributed by atoms with van der Waals surface area (Å²) < 4.78 is 3.11. The maximum absolute atomic E-state index is 12.2. The van der Waals surface area contributed by atoms with E-state index in [0.717, 1.165) is 11.3 Å². The fourth-order valence-corrected chi connectivity index (χ4v) is 2.56. The molecule has 1 amide bonds. The van der Waals surface area contributed by atoms with Gasteiger partial charge in [-0.3, -0.25) is 14.8 Å². The van der Waals surface area contributed by atoms with Crippen LogP contribution in [0.15, 0.2) is 30.6 Å². The SMILES string of the molecule is Cc1cc(C(=O)Nc2ncn(Cc3ccc(Cl)c(Cl)c3)n2)n(C)n1. The van der Waals surface area contributed by atoms with Crippen molar-refractivity contribution in [3.8, 4) is 0 Å². The Bertz CT molecular complexity index is 901. The van der Waals surface area contributed by atoms with E-state index in [1.807, 2.05) is 13.0 Å². The minimum Gasteiger partial charge on any atom is -0.288 e. The molecule has 0 atom stereocenters. The Morgan fingerprint density at radius 3 is 2.67 bits per heavy atom. The number of amides is 1. The first-order valence-electron chi connectivity index (χ1n) is 7.08. The first-order chi connectivity index (χ1) is 11.4. The van der Waals surface area contributed by atoms with Gasteiger partial charge in [0.05, 0.1) is 22.3 Å². The van der Waals surface area contributed by atoms with Gasteiger partial charge >= 0.3 is 0 Å². The number of rotatable bonds is 4. The molecule has 0 aliphatic heterocycles. The van der Waals surface area contributed by atoms with E-state index < -0.39 is 0 Å². The second-order valence-corrected chi connectivity index (χ2v) is 6.08. The molecule has 0 spiro atoms. The van der Waals surface area contributed by atoms with Gasteiger partial charge in [-0.1, -0.05) is 29.3 Å². The summed E-state index contributed by atoms with van der Waals surface area (Å²) in [5.41, 5.74) is 2.13. The third kappa shape index (κ3) is 3.58. The smallest absolute Gasteiger partial charge is 0.276 e. The molecule has 0 fully saturated rings. The first kappa shape index (κ1) is 16.5. The summed E-state index contributed by atoms with van der Waals surface area (Å²) in [6.07, 6.45) is 1.53. The lowest BCUT2D eigenvalue weighted by Gasteiger charge is -2.03. The van der Waals surface area contributed by atoms with Crippen molar-refractivity contribution in [1.82, 2.24) is 24.5 Å². The van der Waals surface area contributed by atoms with Gasteiger partial charge in [0.25, 0.3) is 5.91 Å². The fraction of sp³-hybridized carbons (Fsp3) is 0.200. The maximum atomic E-state index is 12.2. The van der Waals surface area contributed by atoms with Crippen LogP contribution in [-0.4, -0.2) is 30.5 Å². The standard InChI is InChI=1S/C15H14Cl2N6O/c1-9-5-13(22(2)20-9)14(24)19-15-18-8-23(21-15)7-10-3-4-11(16)12(17)6-10/h3-6,8H,7H2,1-2H3,(H,19,21,24). The summed E-state index contributed by atoms with van der Waals surface area (Å²) in [4.78, 5) is 16.3. The van der Waals surface area contributed by atoms with Gasteiger partial charge in [0.15, 0.2) is 0 Å². The highest BCUT2D eigenvalue weighted by atomic mass is 35.5. The number of hydrogen-bond donors (Lipinski definition) is 1. The summed E-state index contributed by atoms with van der Waals surface area (Å²) in [7, 11) is 1.71. The predicted molar refractivity (Wildman–Crippen MR) is 91.5 cm³/mol. The largest absolute Gasteiger partial charge is 0.288 e. The summed E-state index contributed by atoms with van der Waals surface area (Å²) in [5.74, 6) is -0.0932. The van der Waals surface area contributed by atoms with Crippen molar-refractivity contribution < 1.29 is 4.79 Å². The second kappa shape index (κ2) is 6.62. The molecule has 0 unspecified atom stereocenters. The van der Waals surface area contributed by atoms with Gasteiger partial charge in [-0.2, -0.15) is 5.10 Å². The van der Waals surface area contributed by atoms with E-state index >= 15 is 0 Å². The van der Waals surface area contributed by atoms with E-state index in [-0.39, 0.29) is 11.9 Å². The minimum atomic E-state index is -0.314. The Morgan fingerprint density at radius 2 is 2.00 bits per heavy atom. The fourth-order valence-electron chi connectivity index (χ4n) is 2.24. The van der Waals surface area contributed by atoms with Crippen LogP contribution in [0.5, 0.6) is 0 Å². The first-order valence-corrected chi connectivity index (χ1v) is 7.83. The van der Waals surface area contributed by atoms with Crippen molar-refractivity contribution in [2.45, 2.75) is 13.5 Å². The highest BCUT2D eigenvalue weighted by Gasteiger charge is 2.14. The Morgan fingerprint density at radius 1 is 1.21 bits per heavy atom. The molecule has 0 bridgehead atoms. The number of anilines is 1. The van der Waals surface area contributed by atoms with Gasteiger partial charge in [-0.15, -0.1) is 5.10 Å². The van der Waals surface area contributed by atoms with Crippen LogP contribution in [-0.2, 0) is 13.6 Å². The average molecular weight is 365 g/mol. The van der Waals surface area contributed by atoms with E-state index in [9.17, 15) is 4.79 Å². The van der Waals surface area contributed by atoms with Crippen LogP contribution >= 0.6 is 23.2 Å². The third-order valence-electron chi connectivity index (χ3n) is 3.33. The molecule has 24 heavy (non-hydrogen) atoms. The molecule has 2 heterocycles. The van der Waals surface area contributed by atoms with Crippen molar-refractivity contribution in [1.29, 1.82) is 0 Å². The van der Waals surface area contributed by atoms with Crippen molar-refractivity contribution in [3.63, 3.8) is 0 Å². The zero-order chi connectivity index (χ0) is 17.3. The quantitative estimate of drug-likeness (QED) is 0.771.